The fraction of sp³-hybridized carbons (Fsp3) is 0.214. The maximum absolute atomic E-state index is 12.3. The van der Waals surface area contributed by atoms with Gasteiger partial charge in [-0.15, -0.1) is 11.3 Å². The summed E-state index contributed by atoms with van der Waals surface area (Å²) in [6.07, 6.45) is 0. The highest BCUT2D eigenvalue weighted by Crippen LogP contribution is 2.39. The van der Waals surface area contributed by atoms with Crippen molar-refractivity contribution >= 4 is 50.2 Å². The Balaban J connectivity index is 1.95. The van der Waals surface area contributed by atoms with Crippen molar-refractivity contribution in [1.29, 1.82) is 0 Å². The van der Waals surface area contributed by atoms with Crippen molar-refractivity contribution in [3.05, 3.63) is 40.2 Å². The Bertz CT molecular complexity index is 872. The SMILES string of the molecule is CC1(C)C(=O)Nc2ccc(NS(=O)(=O)c3ccc(Cl)s3)cc21. The molecule has 22 heavy (non-hydrogen) atoms. The summed E-state index contributed by atoms with van der Waals surface area (Å²) < 4.78 is 27.7. The van der Waals surface area contributed by atoms with Crippen molar-refractivity contribution in [2.75, 3.05) is 10.0 Å². The summed E-state index contributed by atoms with van der Waals surface area (Å²) >= 11 is 6.77. The van der Waals surface area contributed by atoms with Crippen molar-refractivity contribution < 1.29 is 13.2 Å². The van der Waals surface area contributed by atoms with Crippen LogP contribution in [-0.2, 0) is 20.2 Å². The Morgan fingerprint density at radius 3 is 2.59 bits per heavy atom. The maximum Gasteiger partial charge on any atom is 0.271 e. The molecule has 1 aliphatic heterocycles. The van der Waals surface area contributed by atoms with Crippen LogP contribution < -0.4 is 10.0 Å². The number of hydrogen-bond donors (Lipinski definition) is 2. The largest absolute Gasteiger partial charge is 0.325 e. The van der Waals surface area contributed by atoms with Gasteiger partial charge >= 0.3 is 0 Å². The zero-order valence-electron chi connectivity index (χ0n) is 11.8. The summed E-state index contributed by atoms with van der Waals surface area (Å²) in [5.74, 6) is -0.104. The van der Waals surface area contributed by atoms with Gasteiger partial charge in [0.15, 0.2) is 0 Å². The molecule has 116 valence electrons. The molecule has 3 rings (SSSR count). The average molecular weight is 357 g/mol. The molecule has 0 spiro atoms. The maximum atomic E-state index is 12.3. The predicted molar refractivity (Wildman–Crippen MR) is 88.2 cm³/mol. The number of fused-ring (bicyclic) bond motifs is 1. The van der Waals surface area contributed by atoms with Gasteiger partial charge in [0.1, 0.15) is 4.21 Å². The van der Waals surface area contributed by atoms with E-state index in [0.29, 0.717) is 15.7 Å². The summed E-state index contributed by atoms with van der Waals surface area (Å²) in [5.41, 5.74) is 1.19. The molecule has 2 N–H and O–H groups in total. The number of carbonyl (C=O) groups excluding carboxylic acids is 1. The highest BCUT2D eigenvalue weighted by Gasteiger charge is 2.38. The van der Waals surface area contributed by atoms with Crippen LogP contribution in [0.1, 0.15) is 19.4 Å². The number of rotatable bonds is 3. The third kappa shape index (κ3) is 2.49. The van der Waals surface area contributed by atoms with Crippen LogP contribution in [0.4, 0.5) is 11.4 Å². The van der Waals surface area contributed by atoms with E-state index in [1.54, 1.807) is 32.0 Å². The number of hydrogen-bond acceptors (Lipinski definition) is 4. The standard InChI is InChI=1S/C14H13ClN2O3S2/c1-14(2)9-7-8(3-4-10(9)16-13(14)18)17-22(19,20)12-6-5-11(15)21-12/h3-7,17H,1-2H3,(H,16,18). The summed E-state index contributed by atoms with van der Waals surface area (Å²) in [4.78, 5) is 11.9. The molecule has 1 aromatic heterocycles. The van der Waals surface area contributed by atoms with Gasteiger partial charge in [-0.2, -0.15) is 0 Å². The van der Waals surface area contributed by atoms with Crippen LogP contribution in [0.3, 0.4) is 0 Å². The van der Waals surface area contributed by atoms with Gasteiger partial charge in [0.05, 0.1) is 9.75 Å². The van der Waals surface area contributed by atoms with E-state index < -0.39 is 15.4 Å². The molecule has 0 radical (unpaired) electrons. The third-order valence-corrected chi connectivity index (χ3v) is 6.68. The van der Waals surface area contributed by atoms with Crippen LogP contribution in [0.5, 0.6) is 0 Å². The summed E-state index contributed by atoms with van der Waals surface area (Å²) in [7, 11) is -3.68. The van der Waals surface area contributed by atoms with Crippen LogP contribution >= 0.6 is 22.9 Å². The van der Waals surface area contributed by atoms with Gasteiger partial charge in [-0.05, 0) is 49.7 Å². The van der Waals surface area contributed by atoms with E-state index in [9.17, 15) is 13.2 Å². The Morgan fingerprint density at radius 1 is 1.23 bits per heavy atom. The molecule has 1 aliphatic rings. The third-order valence-electron chi connectivity index (χ3n) is 3.57. The minimum Gasteiger partial charge on any atom is -0.325 e. The highest BCUT2D eigenvalue weighted by molar-refractivity contribution is 7.94. The molecule has 8 heteroatoms. The molecule has 0 saturated heterocycles. The van der Waals surface area contributed by atoms with E-state index in [2.05, 4.69) is 10.0 Å². The quantitative estimate of drug-likeness (QED) is 0.884. The van der Waals surface area contributed by atoms with Crippen molar-refractivity contribution in [2.45, 2.75) is 23.5 Å². The number of sulfonamides is 1. The Hall–Kier alpha value is -1.57. The molecule has 0 saturated carbocycles. The van der Waals surface area contributed by atoms with Gasteiger partial charge in [0.25, 0.3) is 10.0 Å². The summed E-state index contributed by atoms with van der Waals surface area (Å²) in [6.45, 7) is 3.59. The van der Waals surface area contributed by atoms with Gasteiger partial charge in [-0.1, -0.05) is 11.6 Å². The number of carbonyl (C=O) groups is 1. The first-order valence-electron chi connectivity index (χ1n) is 6.44. The number of anilines is 2. The highest BCUT2D eigenvalue weighted by atomic mass is 35.5. The van der Waals surface area contributed by atoms with Gasteiger partial charge in [-0.3, -0.25) is 9.52 Å². The smallest absolute Gasteiger partial charge is 0.271 e. The molecule has 0 fully saturated rings. The van der Waals surface area contributed by atoms with Crippen LogP contribution in [0.25, 0.3) is 0 Å². The molecule has 1 amide bonds. The average Bonchev–Trinajstić information content (AvgIpc) is 2.95. The van der Waals surface area contributed by atoms with E-state index in [1.165, 1.54) is 12.1 Å². The lowest BCUT2D eigenvalue weighted by Crippen LogP contribution is -2.26. The molecule has 0 bridgehead atoms. The second-order valence-corrected chi connectivity index (χ2v) is 9.13. The molecule has 0 unspecified atom stereocenters. The van der Waals surface area contributed by atoms with Gasteiger partial charge < -0.3 is 5.32 Å². The predicted octanol–water partition coefficient (Wildman–Crippen LogP) is 3.43. The number of halogens is 1. The number of amides is 1. The molecular formula is C14H13ClN2O3S2. The first-order chi connectivity index (χ1) is 10.2. The Morgan fingerprint density at radius 2 is 1.95 bits per heavy atom. The van der Waals surface area contributed by atoms with Crippen molar-refractivity contribution in [3.63, 3.8) is 0 Å². The zero-order valence-corrected chi connectivity index (χ0v) is 14.2. The second-order valence-electron chi connectivity index (χ2n) is 5.50. The van der Waals surface area contributed by atoms with Crippen LogP contribution in [0.2, 0.25) is 4.34 Å². The lowest BCUT2D eigenvalue weighted by molar-refractivity contribution is -0.119. The minimum absolute atomic E-state index is 0.104. The first-order valence-corrected chi connectivity index (χ1v) is 9.12. The van der Waals surface area contributed by atoms with E-state index in [0.717, 1.165) is 16.9 Å². The van der Waals surface area contributed by atoms with E-state index in [4.69, 9.17) is 11.6 Å². The molecular weight excluding hydrogens is 344 g/mol. The van der Waals surface area contributed by atoms with Crippen molar-refractivity contribution in [2.24, 2.45) is 0 Å². The second kappa shape index (κ2) is 4.97. The monoisotopic (exact) mass is 356 g/mol. The topological polar surface area (TPSA) is 75.3 Å². The lowest BCUT2D eigenvalue weighted by atomic mass is 9.86. The molecule has 2 heterocycles. The normalized spacial score (nSPS) is 16.2. The number of nitrogens with one attached hydrogen (secondary N) is 2. The fourth-order valence-electron chi connectivity index (χ4n) is 2.28. The fourth-order valence-corrected chi connectivity index (χ4v) is 4.81. The number of benzene rings is 1. The lowest BCUT2D eigenvalue weighted by Gasteiger charge is -2.16. The van der Waals surface area contributed by atoms with Crippen molar-refractivity contribution in [1.82, 2.24) is 0 Å². The molecule has 5 nitrogen and oxygen atoms in total. The minimum atomic E-state index is -3.68. The summed E-state index contributed by atoms with van der Waals surface area (Å²) in [5, 5.41) is 2.78. The van der Waals surface area contributed by atoms with Gasteiger partial charge in [0, 0.05) is 11.4 Å². The molecule has 0 aliphatic carbocycles. The van der Waals surface area contributed by atoms with Crippen LogP contribution in [-0.4, -0.2) is 14.3 Å². The van der Waals surface area contributed by atoms with E-state index in [-0.39, 0.29) is 10.1 Å². The Labute approximate surface area is 137 Å². The Kier molecular flexibility index (Phi) is 3.47. The molecule has 1 aromatic carbocycles. The number of thiophene rings is 1. The zero-order chi connectivity index (χ0) is 16.1. The van der Waals surface area contributed by atoms with E-state index in [1.807, 2.05) is 0 Å². The van der Waals surface area contributed by atoms with Crippen LogP contribution in [0.15, 0.2) is 34.5 Å². The summed E-state index contributed by atoms with van der Waals surface area (Å²) in [6, 6.07) is 7.99. The van der Waals surface area contributed by atoms with Gasteiger partial charge in [-0.25, -0.2) is 8.42 Å². The molecule has 0 atom stereocenters. The van der Waals surface area contributed by atoms with Crippen molar-refractivity contribution in [3.8, 4) is 0 Å². The van der Waals surface area contributed by atoms with Gasteiger partial charge in [0.2, 0.25) is 5.91 Å². The first kappa shape index (κ1) is 15.3. The van der Waals surface area contributed by atoms with Crippen LogP contribution in [0, 0.1) is 0 Å². The molecule has 2 aromatic rings. The van der Waals surface area contributed by atoms with E-state index >= 15 is 0 Å².